The number of hydrogen-bond acceptors (Lipinski definition) is 3. The summed E-state index contributed by atoms with van der Waals surface area (Å²) in [6.45, 7) is 3.71. The van der Waals surface area contributed by atoms with Gasteiger partial charge in [0.15, 0.2) is 0 Å². The van der Waals surface area contributed by atoms with Gasteiger partial charge in [0.1, 0.15) is 5.69 Å². The summed E-state index contributed by atoms with van der Waals surface area (Å²) < 4.78 is 2.50. The zero-order chi connectivity index (χ0) is 15.4. The molecule has 0 spiro atoms. The Labute approximate surface area is 135 Å². The molecule has 6 heteroatoms. The van der Waals surface area contributed by atoms with E-state index in [4.69, 9.17) is 0 Å². The lowest BCUT2D eigenvalue weighted by molar-refractivity contribution is 0.0883. The van der Waals surface area contributed by atoms with Crippen LogP contribution in [-0.4, -0.2) is 47.3 Å². The molecule has 1 aliphatic carbocycles. The van der Waals surface area contributed by atoms with E-state index in [9.17, 15) is 4.79 Å². The van der Waals surface area contributed by atoms with Gasteiger partial charge in [0.25, 0.3) is 5.91 Å². The van der Waals surface area contributed by atoms with E-state index in [-0.39, 0.29) is 11.9 Å². The fourth-order valence-corrected chi connectivity index (χ4v) is 3.63. The third-order valence-electron chi connectivity index (χ3n) is 4.13. The molecule has 0 aliphatic heterocycles. The van der Waals surface area contributed by atoms with E-state index >= 15 is 0 Å². The number of nitrogens with zero attached hydrogens (tertiary/aromatic N) is 3. The summed E-state index contributed by atoms with van der Waals surface area (Å²) in [4.78, 5) is 14.8. The van der Waals surface area contributed by atoms with Crippen LogP contribution in [0.4, 0.5) is 0 Å². The van der Waals surface area contributed by atoms with Crippen LogP contribution in [0.1, 0.15) is 43.1 Å². The van der Waals surface area contributed by atoms with Crippen molar-refractivity contribution in [3.63, 3.8) is 0 Å². The monoisotopic (exact) mass is 356 g/mol. The minimum absolute atomic E-state index is 0.0168. The number of hydrogen-bond donors (Lipinski definition) is 1. The van der Waals surface area contributed by atoms with Crippen LogP contribution in [0, 0.1) is 5.92 Å². The van der Waals surface area contributed by atoms with Crippen molar-refractivity contribution in [2.75, 3.05) is 20.6 Å². The molecule has 0 radical (unpaired) electrons. The number of nitrogens with one attached hydrogen (secondary N) is 1. The Morgan fingerprint density at radius 1 is 1.48 bits per heavy atom. The fraction of sp³-hybridized carbons (Fsp3) is 0.733. The molecule has 0 saturated heterocycles. The van der Waals surface area contributed by atoms with Crippen molar-refractivity contribution >= 4 is 21.8 Å². The third-order valence-corrected chi connectivity index (χ3v) is 4.71. The van der Waals surface area contributed by atoms with E-state index in [1.807, 2.05) is 6.92 Å². The molecule has 1 heterocycles. The molecular formula is C15H25BrN4O. The van der Waals surface area contributed by atoms with Crippen LogP contribution in [-0.2, 0) is 6.54 Å². The lowest BCUT2D eigenvalue weighted by atomic mass is 9.84. The van der Waals surface area contributed by atoms with Crippen molar-refractivity contribution < 1.29 is 4.79 Å². The maximum atomic E-state index is 12.6. The molecule has 1 aromatic heterocycles. The highest BCUT2D eigenvalue weighted by Crippen LogP contribution is 2.26. The first-order valence-corrected chi connectivity index (χ1v) is 8.49. The molecule has 21 heavy (non-hydrogen) atoms. The number of rotatable bonds is 5. The van der Waals surface area contributed by atoms with Crippen molar-refractivity contribution in [2.24, 2.45) is 5.92 Å². The highest BCUT2D eigenvalue weighted by molar-refractivity contribution is 9.10. The molecular weight excluding hydrogens is 332 g/mol. The summed E-state index contributed by atoms with van der Waals surface area (Å²) in [6, 6.07) is 0.265. The van der Waals surface area contributed by atoms with Crippen LogP contribution in [0.5, 0.6) is 0 Å². The standard InChI is InChI=1S/C15H25BrN4O/c1-4-20-14(12(16)9-17-20)15(21)18-13-8-6-5-7-11(13)10-19(2)3/h9,11,13H,4-8,10H2,1-3H3,(H,18,21). The summed E-state index contributed by atoms with van der Waals surface area (Å²) in [6.07, 6.45) is 6.42. The lowest BCUT2D eigenvalue weighted by Crippen LogP contribution is -2.46. The SMILES string of the molecule is CCn1ncc(Br)c1C(=O)NC1CCCCC1CN(C)C. The van der Waals surface area contributed by atoms with Crippen molar-refractivity contribution in [1.29, 1.82) is 0 Å². The van der Waals surface area contributed by atoms with Crippen LogP contribution < -0.4 is 5.32 Å². The first-order chi connectivity index (χ1) is 10.0. The van der Waals surface area contributed by atoms with Crippen molar-refractivity contribution in [3.05, 3.63) is 16.4 Å². The Balaban J connectivity index is 2.07. The van der Waals surface area contributed by atoms with Gasteiger partial charge in [-0.15, -0.1) is 0 Å². The molecule has 1 aromatic rings. The smallest absolute Gasteiger partial charge is 0.270 e. The van der Waals surface area contributed by atoms with Crippen LogP contribution in [0.25, 0.3) is 0 Å². The summed E-state index contributed by atoms with van der Waals surface area (Å²) in [5, 5.41) is 7.45. The van der Waals surface area contributed by atoms with E-state index in [1.165, 1.54) is 19.3 Å². The molecule has 1 fully saturated rings. The van der Waals surface area contributed by atoms with Crippen molar-refractivity contribution in [2.45, 2.75) is 45.2 Å². The van der Waals surface area contributed by atoms with Crippen LogP contribution >= 0.6 is 15.9 Å². The first-order valence-electron chi connectivity index (χ1n) is 7.69. The zero-order valence-electron chi connectivity index (χ0n) is 13.1. The minimum Gasteiger partial charge on any atom is -0.348 e. The number of amides is 1. The first kappa shape index (κ1) is 16.5. The predicted molar refractivity (Wildman–Crippen MR) is 87.4 cm³/mol. The van der Waals surface area contributed by atoms with Gasteiger partial charge in [-0.3, -0.25) is 9.48 Å². The topological polar surface area (TPSA) is 50.2 Å². The molecule has 2 atom stereocenters. The summed E-state index contributed by atoms with van der Waals surface area (Å²) >= 11 is 3.43. The summed E-state index contributed by atoms with van der Waals surface area (Å²) in [5.74, 6) is 0.520. The minimum atomic E-state index is -0.0168. The van der Waals surface area contributed by atoms with Gasteiger partial charge < -0.3 is 10.2 Å². The van der Waals surface area contributed by atoms with Gasteiger partial charge in [-0.25, -0.2) is 0 Å². The Morgan fingerprint density at radius 3 is 2.86 bits per heavy atom. The van der Waals surface area contributed by atoms with E-state index in [1.54, 1.807) is 10.9 Å². The van der Waals surface area contributed by atoms with E-state index in [0.717, 1.165) is 17.4 Å². The Morgan fingerprint density at radius 2 is 2.19 bits per heavy atom. The number of halogens is 1. The molecule has 118 valence electrons. The van der Waals surface area contributed by atoms with Crippen molar-refractivity contribution in [1.82, 2.24) is 20.0 Å². The van der Waals surface area contributed by atoms with E-state index in [0.29, 0.717) is 18.2 Å². The largest absolute Gasteiger partial charge is 0.348 e. The molecule has 0 bridgehead atoms. The van der Waals surface area contributed by atoms with Gasteiger partial charge in [-0.05, 0) is 55.7 Å². The van der Waals surface area contributed by atoms with E-state index in [2.05, 4.69) is 45.3 Å². The number of aromatic nitrogens is 2. The summed E-state index contributed by atoms with van der Waals surface area (Å²) in [5.41, 5.74) is 0.631. The summed E-state index contributed by atoms with van der Waals surface area (Å²) in [7, 11) is 4.19. The zero-order valence-corrected chi connectivity index (χ0v) is 14.7. The lowest BCUT2D eigenvalue weighted by Gasteiger charge is -2.34. The van der Waals surface area contributed by atoms with Gasteiger partial charge in [0, 0.05) is 19.1 Å². The normalized spacial score (nSPS) is 22.5. The second kappa shape index (κ2) is 7.40. The second-order valence-corrected chi connectivity index (χ2v) is 6.90. The average molecular weight is 357 g/mol. The average Bonchev–Trinajstić information content (AvgIpc) is 2.81. The maximum Gasteiger partial charge on any atom is 0.270 e. The molecule has 0 aromatic carbocycles. The van der Waals surface area contributed by atoms with Crippen LogP contribution in [0.2, 0.25) is 0 Å². The molecule has 1 aliphatic rings. The van der Waals surface area contributed by atoms with Gasteiger partial charge in [-0.1, -0.05) is 12.8 Å². The van der Waals surface area contributed by atoms with Gasteiger partial charge in [0.05, 0.1) is 10.7 Å². The number of carbonyl (C=O) groups is 1. The quantitative estimate of drug-likeness (QED) is 0.881. The molecule has 2 unspecified atom stereocenters. The van der Waals surface area contributed by atoms with Crippen molar-refractivity contribution in [3.8, 4) is 0 Å². The fourth-order valence-electron chi connectivity index (χ4n) is 3.15. The van der Waals surface area contributed by atoms with Gasteiger partial charge in [0.2, 0.25) is 0 Å². The predicted octanol–water partition coefficient (Wildman–Crippen LogP) is 2.52. The number of aryl methyl sites for hydroxylation is 1. The number of carbonyl (C=O) groups excluding carboxylic acids is 1. The Bertz CT molecular complexity index is 486. The molecule has 2 rings (SSSR count). The highest BCUT2D eigenvalue weighted by Gasteiger charge is 2.28. The van der Waals surface area contributed by atoms with Gasteiger partial charge >= 0.3 is 0 Å². The third kappa shape index (κ3) is 4.07. The maximum absolute atomic E-state index is 12.6. The Hall–Kier alpha value is -0.880. The second-order valence-electron chi connectivity index (χ2n) is 6.04. The van der Waals surface area contributed by atoms with Crippen LogP contribution in [0.3, 0.4) is 0 Å². The molecule has 1 amide bonds. The Kier molecular flexibility index (Phi) is 5.81. The highest BCUT2D eigenvalue weighted by atomic mass is 79.9. The molecule has 5 nitrogen and oxygen atoms in total. The van der Waals surface area contributed by atoms with Gasteiger partial charge in [-0.2, -0.15) is 5.10 Å². The van der Waals surface area contributed by atoms with E-state index < -0.39 is 0 Å². The van der Waals surface area contributed by atoms with Crippen LogP contribution in [0.15, 0.2) is 10.7 Å². The molecule has 1 saturated carbocycles. The molecule has 1 N–H and O–H groups in total.